The first-order valence-corrected chi connectivity index (χ1v) is 43.2. The summed E-state index contributed by atoms with van der Waals surface area (Å²) in [6, 6.07) is 32.9. The van der Waals surface area contributed by atoms with Gasteiger partial charge in [0.05, 0.1) is 28.9 Å². The van der Waals surface area contributed by atoms with Crippen molar-refractivity contribution < 1.29 is 143 Å². The minimum Gasteiger partial charge on any atom is -0.870 e. The second-order valence-electron chi connectivity index (χ2n) is 20.4. The van der Waals surface area contributed by atoms with E-state index in [4.69, 9.17) is 105 Å². The standard InChI is InChI=1S/C26H23N5O8.C23H22O9.C10H13N5O5.CH4O.4ClH.Na.Ne.H2O.Sn/c1-15(32)37-20-19(39-23(34)17-10-6-3-7-11-17)18(14-36-22(33)16-8-4-2-5-9-16)38-21(20)30-12-13-31-25(30)28-24(27)29-26(31)35;1-14(24)29-20-19(32-22(27)17-11-7-4-8-12-17)18(31-23(20)30-15(2)25)13-28-21(26)16-9-5-3-6-10-16;11-8-12-9-14(1-2-15(9)10(19)13-8)7-6(18)5(17)4(3-16)20-7;1-2;;;;;;;;/h2-13,18-21H,14H2,1H3,(H2,27,29,35);3-12,18-20,23H,13H2,1-2H3;1-2,4-7,16-18H,3H2,(H2,11,13,19);2H,1H3;4*1H;;;1H2;/q;;;;;;;;+1;;;+4/p-5. The number of fused-ring (bicyclic) bond motifs is 2. The Morgan fingerprint density at radius 3 is 1.19 bits per heavy atom. The first-order chi connectivity index (χ1) is 46.7. The average molecular weight is 1610 g/mol. The molecule has 538 valence electrons. The third kappa shape index (κ3) is 23.5. The molecular weight excluding hydrogens is 1550 g/mol. The molecule has 8 aromatic rings. The van der Waals surface area contributed by atoms with Crippen LogP contribution in [0.15, 0.2) is 156 Å². The maximum absolute atomic E-state index is 13.0. The van der Waals surface area contributed by atoms with E-state index in [9.17, 15) is 53.4 Å². The summed E-state index contributed by atoms with van der Waals surface area (Å²) in [4.78, 5) is 125. The smallest absolute Gasteiger partial charge is 0.870 e. The van der Waals surface area contributed by atoms with Crippen LogP contribution in [-0.2, 0) is 61.8 Å². The first kappa shape index (κ1) is 85.4. The minimum absolute atomic E-state index is 0. The second kappa shape index (κ2) is 40.0. The largest absolute Gasteiger partial charge is 1.00 e. The molecule has 12 unspecified atom stereocenters. The number of aromatic nitrogens is 8. The zero-order valence-corrected chi connectivity index (χ0v) is 61.4. The Labute approximate surface area is 612 Å². The van der Waals surface area contributed by atoms with E-state index in [2.05, 4.69) is 19.9 Å². The molecule has 11 rings (SSSR count). The Hall–Kier alpha value is -7.98. The van der Waals surface area contributed by atoms with Crippen LogP contribution in [0, 0.1) is 6.15 Å². The molecule has 7 heterocycles. The van der Waals surface area contributed by atoms with Crippen molar-refractivity contribution >= 4 is 115 Å². The molecule has 41 heteroatoms. The topological polar surface area (TPSA) is 479 Å². The van der Waals surface area contributed by atoms with Gasteiger partial charge in [0, 0.05) is 58.8 Å². The molecule has 9 N–H and O–H groups in total. The van der Waals surface area contributed by atoms with E-state index < -0.39 is 147 Å². The Morgan fingerprint density at radius 1 is 0.485 bits per heavy atom. The summed E-state index contributed by atoms with van der Waals surface area (Å²) in [6.07, 6.45) is -8.16. The van der Waals surface area contributed by atoms with Gasteiger partial charge in [-0.05, 0) is 48.5 Å². The van der Waals surface area contributed by atoms with E-state index in [0.29, 0.717) is 11.1 Å². The number of esters is 7. The van der Waals surface area contributed by atoms with Crippen molar-refractivity contribution in [1.29, 1.82) is 0 Å². The van der Waals surface area contributed by atoms with Crippen LogP contribution in [0.2, 0.25) is 0 Å². The quantitative estimate of drug-likeness (QED) is 0.0406. The number of carbonyl (C=O) groups is 7. The summed E-state index contributed by atoms with van der Waals surface area (Å²) in [5.74, 6) is -5.05. The predicted molar refractivity (Wildman–Crippen MR) is 346 cm³/mol. The Balaban J connectivity index is 0.000000314. The number of halogens is 4. The summed E-state index contributed by atoms with van der Waals surface area (Å²) in [5.41, 5.74) is 10.9. The summed E-state index contributed by atoms with van der Waals surface area (Å²) in [7, 11) is 21.1. The number of anilines is 2. The van der Waals surface area contributed by atoms with Crippen LogP contribution in [0.1, 0.15) is 74.7 Å². The van der Waals surface area contributed by atoms with Gasteiger partial charge >= 0.3 is 132 Å². The SMILES string of the molecule is CC(=O)OC1C(OC(=O)c2ccccc2)C(COC(=O)c2ccccc2)OC1n1ccn2c(=O)nc(N)nc12.CC(=O)OC1OC(COC(=O)c2ccccc2)C(OC(=O)c2ccccc2)C1OC(C)=O.CO.Nc1nc(=O)n2ccn(C3OC(CO)C(O)C3O)c2n1.[Cl][Sn]([Cl])([Cl])[Cl].[Na+].[Ne].[OH-]. The van der Waals surface area contributed by atoms with Crippen molar-refractivity contribution in [3.63, 3.8) is 0 Å². The molecule has 12 atom stereocenters. The van der Waals surface area contributed by atoms with E-state index in [1.54, 1.807) is 121 Å². The normalized spacial score (nSPS) is 21.5. The fraction of sp³-hybridized carbons (Fsp3) is 0.317. The second-order valence-corrected chi connectivity index (χ2v) is 45.8. The molecule has 4 aromatic carbocycles. The van der Waals surface area contributed by atoms with Gasteiger partial charge in [-0.15, -0.1) is 0 Å². The van der Waals surface area contributed by atoms with Crippen LogP contribution in [0.4, 0.5) is 11.9 Å². The minimum atomic E-state index is -3.29. The number of nitrogens with two attached hydrogens (primary N) is 2. The molecule has 0 amide bonds. The first-order valence-electron chi connectivity index (χ1n) is 28.8. The Kier molecular flexibility index (Phi) is 33.8. The third-order valence-electron chi connectivity index (χ3n) is 13.7. The Morgan fingerprint density at radius 2 is 0.822 bits per heavy atom. The van der Waals surface area contributed by atoms with Gasteiger partial charge in [0.25, 0.3) is 0 Å². The molecule has 3 saturated heterocycles. The molecule has 3 aliphatic rings. The molecule has 3 aliphatic heterocycles. The van der Waals surface area contributed by atoms with Crippen LogP contribution in [0.5, 0.6) is 0 Å². The third-order valence-corrected chi connectivity index (χ3v) is 13.7. The van der Waals surface area contributed by atoms with Crippen molar-refractivity contribution in [2.75, 3.05) is 38.4 Å². The van der Waals surface area contributed by atoms with Crippen molar-refractivity contribution in [3.05, 3.63) is 189 Å². The molecule has 34 nitrogen and oxygen atoms in total. The van der Waals surface area contributed by atoms with Gasteiger partial charge in [-0.3, -0.25) is 23.5 Å². The number of rotatable bonds is 16. The van der Waals surface area contributed by atoms with Crippen LogP contribution >= 0.6 is 35.7 Å². The summed E-state index contributed by atoms with van der Waals surface area (Å²) in [5, 5.41) is 35.8. The number of aliphatic hydroxyl groups excluding tert-OH is 4. The molecule has 101 heavy (non-hydrogen) atoms. The fourth-order valence-electron chi connectivity index (χ4n) is 9.61. The Bertz CT molecular complexity index is 4170. The average Bonchev–Trinajstić information content (AvgIpc) is 1.62. The van der Waals surface area contributed by atoms with Gasteiger partial charge in [0.15, 0.2) is 30.8 Å². The number of hydrogen-bond donors (Lipinski definition) is 6. The summed E-state index contributed by atoms with van der Waals surface area (Å²) < 4.78 is 60.2. The molecule has 4 aromatic heterocycles. The number of carbonyl (C=O) groups excluding carboxylic acids is 7. The zero-order chi connectivity index (χ0) is 71.5. The summed E-state index contributed by atoms with van der Waals surface area (Å²) in [6.45, 7) is 2.38. The molecule has 0 spiro atoms. The van der Waals surface area contributed by atoms with Gasteiger partial charge in [-0.1, -0.05) is 72.8 Å². The van der Waals surface area contributed by atoms with E-state index in [-0.39, 0.29) is 89.0 Å². The fourth-order valence-corrected chi connectivity index (χ4v) is 9.61. The van der Waals surface area contributed by atoms with Crippen LogP contribution in [0.3, 0.4) is 0 Å². The van der Waals surface area contributed by atoms with E-state index >= 15 is 0 Å². The number of hydrogen-bond acceptors (Lipinski definition) is 30. The number of benzene rings is 4. The van der Waals surface area contributed by atoms with Crippen LogP contribution in [-0.4, -0.2) is 208 Å². The van der Waals surface area contributed by atoms with E-state index in [1.165, 1.54) is 40.8 Å². The molecular formula is C60H63Cl4N10NaNeO24Sn. The van der Waals surface area contributed by atoms with Crippen molar-refractivity contribution in [2.45, 2.75) is 94.5 Å². The number of nitrogen functional groups attached to an aromatic ring is 2. The monoisotopic (exact) mass is 1610 g/mol. The van der Waals surface area contributed by atoms with Gasteiger partial charge in [0.1, 0.15) is 43.7 Å². The van der Waals surface area contributed by atoms with Crippen molar-refractivity contribution in [3.8, 4) is 0 Å². The van der Waals surface area contributed by atoms with Gasteiger partial charge in [0.2, 0.25) is 35.8 Å². The predicted octanol–water partition coefficient (Wildman–Crippen LogP) is -0.429. The molecule has 0 bridgehead atoms. The number of nitrogens with zero attached hydrogens (tertiary/aromatic N) is 8. The van der Waals surface area contributed by atoms with E-state index in [0.717, 1.165) is 29.8 Å². The molecule has 0 radical (unpaired) electrons. The van der Waals surface area contributed by atoms with Gasteiger partial charge in [-0.25, -0.2) is 37.6 Å². The van der Waals surface area contributed by atoms with Crippen LogP contribution in [0.25, 0.3) is 11.6 Å². The van der Waals surface area contributed by atoms with Gasteiger partial charge in [-0.2, -0.15) is 19.9 Å². The molecule has 3 fully saturated rings. The zero-order valence-electron chi connectivity index (χ0n) is 53.5. The van der Waals surface area contributed by atoms with Crippen molar-refractivity contribution in [2.24, 2.45) is 0 Å². The van der Waals surface area contributed by atoms with Gasteiger partial charge < -0.3 is 84.7 Å². The maximum atomic E-state index is 13.0. The van der Waals surface area contributed by atoms with E-state index in [1.807, 2.05) is 0 Å². The molecule has 0 saturated carbocycles. The summed E-state index contributed by atoms with van der Waals surface area (Å²) >= 11 is -3.29. The maximum Gasteiger partial charge on any atom is 1.00 e. The number of ether oxygens (including phenoxy) is 10. The number of imidazole rings is 2. The molecule has 0 aliphatic carbocycles. The number of aliphatic hydroxyl groups is 4. The van der Waals surface area contributed by atoms with Crippen LogP contribution < -0.4 is 52.4 Å². The van der Waals surface area contributed by atoms with Crippen molar-refractivity contribution in [1.82, 2.24) is 37.9 Å².